The van der Waals surface area contributed by atoms with Gasteiger partial charge in [-0.2, -0.15) is 0 Å². The van der Waals surface area contributed by atoms with Crippen molar-refractivity contribution in [1.82, 2.24) is 9.80 Å². The van der Waals surface area contributed by atoms with Crippen molar-refractivity contribution in [3.63, 3.8) is 0 Å². The number of ether oxygens (including phenoxy) is 1. The van der Waals surface area contributed by atoms with Crippen LogP contribution >= 0.6 is 0 Å². The van der Waals surface area contributed by atoms with Crippen molar-refractivity contribution in [2.75, 3.05) is 53.0 Å². The Morgan fingerprint density at radius 2 is 2.15 bits per heavy atom. The Hall–Kier alpha value is -0.160. The van der Waals surface area contributed by atoms with E-state index in [-0.39, 0.29) is 12.1 Å². The van der Waals surface area contributed by atoms with Gasteiger partial charge in [-0.1, -0.05) is 0 Å². The molecule has 1 spiro atoms. The van der Waals surface area contributed by atoms with E-state index < -0.39 is 0 Å². The van der Waals surface area contributed by atoms with Crippen LogP contribution in [0.25, 0.3) is 0 Å². The molecule has 4 heteroatoms. The van der Waals surface area contributed by atoms with Crippen LogP contribution in [0, 0.1) is 0 Å². The molecular formula is C9H18N2O2. The van der Waals surface area contributed by atoms with Crippen LogP contribution in [0.15, 0.2) is 0 Å². The molecule has 0 amide bonds. The van der Waals surface area contributed by atoms with Crippen molar-refractivity contribution in [1.29, 1.82) is 0 Å². The van der Waals surface area contributed by atoms with Crippen molar-refractivity contribution in [3.05, 3.63) is 0 Å². The van der Waals surface area contributed by atoms with Crippen molar-refractivity contribution in [2.45, 2.75) is 5.54 Å². The van der Waals surface area contributed by atoms with Crippen LogP contribution in [0.4, 0.5) is 0 Å². The largest absolute Gasteiger partial charge is 0.395 e. The minimum absolute atomic E-state index is 0.218. The number of β-amino-alcohol motifs (C(OH)–C–C–N with tert-alkyl or cyclic N) is 1. The summed E-state index contributed by atoms with van der Waals surface area (Å²) in [6, 6.07) is 0. The molecule has 0 radical (unpaired) electrons. The molecule has 0 aromatic carbocycles. The van der Waals surface area contributed by atoms with Gasteiger partial charge in [0.1, 0.15) is 0 Å². The lowest BCUT2D eigenvalue weighted by atomic mass is 9.92. The summed E-state index contributed by atoms with van der Waals surface area (Å²) in [5, 5.41) is 8.94. The predicted octanol–water partition coefficient (Wildman–Crippen LogP) is -1.00. The van der Waals surface area contributed by atoms with Crippen molar-refractivity contribution >= 4 is 0 Å². The maximum absolute atomic E-state index is 8.94. The fraction of sp³-hybridized carbons (Fsp3) is 1.00. The molecule has 13 heavy (non-hydrogen) atoms. The third-order valence-corrected chi connectivity index (χ3v) is 3.10. The fourth-order valence-electron chi connectivity index (χ4n) is 2.29. The molecule has 0 atom stereocenters. The summed E-state index contributed by atoms with van der Waals surface area (Å²) in [7, 11) is 2.15. The van der Waals surface area contributed by atoms with E-state index in [1.54, 1.807) is 0 Å². The van der Waals surface area contributed by atoms with E-state index in [1.165, 1.54) is 0 Å². The van der Waals surface area contributed by atoms with Crippen LogP contribution in [0.5, 0.6) is 0 Å². The predicted molar refractivity (Wildman–Crippen MR) is 49.7 cm³/mol. The van der Waals surface area contributed by atoms with E-state index in [2.05, 4.69) is 16.8 Å². The summed E-state index contributed by atoms with van der Waals surface area (Å²) in [5.41, 5.74) is 0.218. The Morgan fingerprint density at radius 3 is 2.69 bits per heavy atom. The number of aliphatic hydroxyl groups excluding tert-OH is 1. The molecule has 2 heterocycles. The first kappa shape index (κ1) is 9.40. The van der Waals surface area contributed by atoms with Crippen LogP contribution in [0.2, 0.25) is 0 Å². The molecule has 76 valence electrons. The average molecular weight is 186 g/mol. The van der Waals surface area contributed by atoms with Gasteiger partial charge in [0.05, 0.1) is 25.4 Å². The molecule has 2 aliphatic heterocycles. The Morgan fingerprint density at radius 1 is 1.38 bits per heavy atom. The van der Waals surface area contributed by atoms with Crippen LogP contribution in [0.1, 0.15) is 0 Å². The van der Waals surface area contributed by atoms with E-state index in [4.69, 9.17) is 9.84 Å². The molecule has 0 saturated carbocycles. The zero-order valence-corrected chi connectivity index (χ0v) is 8.20. The summed E-state index contributed by atoms with van der Waals surface area (Å²) < 4.78 is 5.29. The third kappa shape index (κ3) is 1.59. The molecule has 0 bridgehead atoms. The van der Waals surface area contributed by atoms with Crippen LogP contribution in [0.3, 0.4) is 0 Å². The first-order valence-electron chi connectivity index (χ1n) is 4.89. The number of likely N-dealkylation sites (N-methyl/N-ethyl adjacent to an activating group) is 1. The molecule has 1 N–H and O–H groups in total. The molecule has 0 aromatic heterocycles. The van der Waals surface area contributed by atoms with Crippen molar-refractivity contribution in [2.24, 2.45) is 0 Å². The quantitative estimate of drug-likeness (QED) is 0.600. The number of piperazine rings is 1. The second-order valence-corrected chi connectivity index (χ2v) is 4.17. The van der Waals surface area contributed by atoms with E-state index in [0.717, 1.165) is 39.4 Å². The monoisotopic (exact) mass is 186 g/mol. The maximum Gasteiger partial charge on any atom is 0.0808 e. The van der Waals surface area contributed by atoms with Gasteiger partial charge in [-0.15, -0.1) is 0 Å². The Bertz CT molecular complexity index is 182. The topological polar surface area (TPSA) is 35.9 Å². The molecule has 2 saturated heterocycles. The van der Waals surface area contributed by atoms with Gasteiger partial charge < -0.3 is 14.7 Å². The second kappa shape index (κ2) is 3.53. The summed E-state index contributed by atoms with van der Waals surface area (Å²) in [6.07, 6.45) is 0. The first-order chi connectivity index (χ1) is 6.27. The summed E-state index contributed by atoms with van der Waals surface area (Å²) in [5.74, 6) is 0. The molecule has 0 unspecified atom stereocenters. The van der Waals surface area contributed by atoms with Crippen LogP contribution < -0.4 is 0 Å². The standard InChI is InChI=1S/C9H18N2O2/c1-10-2-3-11(4-5-12)9(6-10)7-13-8-9/h12H,2-8H2,1H3. The van der Waals surface area contributed by atoms with Gasteiger partial charge in [-0.3, -0.25) is 4.90 Å². The first-order valence-corrected chi connectivity index (χ1v) is 4.89. The summed E-state index contributed by atoms with van der Waals surface area (Å²) in [4.78, 5) is 4.72. The lowest BCUT2D eigenvalue weighted by molar-refractivity contribution is -0.168. The minimum atomic E-state index is 0.218. The lowest BCUT2D eigenvalue weighted by Crippen LogP contribution is -2.71. The normalized spacial score (nSPS) is 29.1. The van der Waals surface area contributed by atoms with E-state index >= 15 is 0 Å². The Kier molecular flexibility index (Phi) is 2.55. The number of hydrogen-bond donors (Lipinski definition) is 1. The van der Waals surface area contributed by atoms with E-state index in [0.29, 0.717) is 0 Å². The maximum atomic E-state index is 8.94. The highest BCUT2D eigenvalue weighted by molar-refractivity contribution is 5.01. The molecule has 0 aliphatic carbocycles. The fourth-order valence-corrected chi connectivity index (χ4v) is 2.29. The van der Waals surface area contributed by atoms with Gasteiger partial charge in [-0.05, 0) is 7.05 Å². The van der Waals surface area contributed by atoms with Crippen molar-refractivity contribution in [3.8, 4) is 0 Å². The van der Waals surface area contributed by atoms with Gasteiger partial charge >= 0.3 is 0 Å². The van der Waals surface area contributed by atoms with E-state index in [9.17, 15) is 0 Å². The molecule has 2 aliphatic rings. The van der Waals surface area contributed by atoms with Crippen LogP contribution in [-0.4, -0.2) is 73.5 Å². The number of hydrogen-bond acceptors (Lipinski definition) is 4. The number of nitrogens with zero attached hydrogens (tertiary/aromatic N) is 2. The van der Waals surface area contributed by atoms with Gasteiger partial charge in [0.25, 0.3) is 0 Å². The van der Waals surface area contributed by atoms with Gasteiger partial charge in [-0.25, -0.2) is 0 Å². The molecule has 2 fully saturated rings. The zero-order chi connectivity index (χ0) is 9.31. The summed E-state index contributed by atoms with van der Waals surface area (Å²) >= 11 is 0. The lowest BCUT2D eigenvalue weighted by Gasteiger charge is -2.54. The SMILES string of the molecule is CN1CCN(CCO)C2(COC2)C1. The Labute approximate surface area is 79.1 Å². The van der Waals surface area contributed by atoms with Gasteiger partial charge in [0.15, 0.2) is 0 Å². The smallest absolute Gasteiger partial charge is 0.0808 e. The van der Waals surface area contributed by atoms with E-state index in [1.807, 2.05) is 0 Å². The molecule has 0 aromatic rings. The highest BCUT2D eigenvalue weighted by Gasteiger charge is 2.46. The second-order valence-electron chi connectivity index (χ2n) is 4.17. The van der Waals surface area contributed by atoms with Crippen LogP contribution in [-0.2, 0) is 4.74 Å². The molecule has 4 nitrogen and oxygen atoms in total. The zero-order valence-electron chi connectivity index (χ0n) is 8.20. The minimum Gasteiger partial charge on any atom is -0.395 e. The van der Waals surface area contributed by atoms with Gasteiger partial charge in [0.2, 0.25) is 0 Å². The Balaban J connectivity index is 2.00. The van der Waals surface area contributed by atoms with Gasteiger partial charge in [0, 0.05) is 26.2 Å². The number of aliphatic hydroxyl groups is 1. The third-order valence-electron chi connectivity index (χ3n) is 3.10. The van der Waals surface area contributed by atoms with Crippen molar-refractivity contribution < 1.29 is 9.84 Å². The number of rotatable bonds is 2. The summed E-state index contributed by atoms with van der Waals surface area (Å²) in [6.45, 7) is 5.94. The highest BCUT2D eigenvalue weighted by atomic mass is 16.5. The average Bonchev–Trinajstić information content (AvgIpc) is 2.06. The molecular weight excluding hydrogens is 168 g/mol. The highest BCUT2D eigenvalue weighted by Crippen LogP contribution is 2.28. The molecule has 2 rings (SSSR count).